The molecule has 0 aliphatic carbocycles. The molecular formula is C17H16ClNO3. The summed E-state index contributed by atoms with van der Waals surface area (Å²) in [6.07, 6.45) is 0.622. The van der Waals surface area contributed by atoms with Crippen molar-refractivity contribution >= 4 is 23.3 Å². The second-order valence-electron chi connectivity index (χ2n) is 4.69. The summed E-state index contributed by atoms with van der Waals surface area (Å²) >= 11 is 5.75. The van der Waals surface area contributed by atoms with Crippen LogP contribution in [0.5, 0.6) is 5.75 Å². The van der Waals surface area contributed by atoms with E-state index in [9.17, 15) is 9.59 Å². The SMILES string of the molecule is COc1cccc(CCNC(=O)C(=O)c2ccc(Cl)cc2)c1. The Hall–Kier alpha value is -2.33. The largest absolute Gasteiger partial charge is 0.497 e. The summed E-state index contributed by atoms with van der Waals surface area (Å²) in [4.78, 5) is 23.7. The summed E-state index contributed by atoms with van der Waals surface area (Å²) in [7, 11) is 1.60. The van der Waals surface area contributed by atoms with Crippen molar-refractivity contribution < 1.29 is 14.3 Å². The Kier molecular flexibility index (Phi) is 5.55. The molecule has 2 aromatic rings. The van der Waals surface area contributed by atoms with Crippen LogP contribution >= 0.6 is 11.6 Å². The maximum absolute atomic E-state index is 11.9. The maximum atomic E-state index is 11.9. The Morgan fingerprint density at radius 3 is 2.55 bits per heavy atom. The van der Waals surface area contributed by atoms with E-state index in [2.05, 4.69) is 5.32 Å². The Labute approximate surface area is 134 Å². The number of nitrogens with one attached hydrogen (secondary N) is 1. The minimum absolute atomic E-state index is 0.322. The topological polar surface area (TPSA) is 55.4 Å². The third kappa shape index (κ3) is 4.33. The zero-order valence-electron chi connectivity index (χ0n) is 12.1. The highest BCUT2D eigenvalue weighted by Gasteiger charge is 2.15. The lowest BCUT2D eigenvalue weighted by molar-refractivity contribution is -0.116. The van der Waals surface area contributed by atoms with E-state index in [0.717, 1.165) is 11.3 Å². The fraction of sp³-hybridized carbons (Fsp3) is 0.176. The molecule has 114 valence electrons. The molecule has 0 bridgehead atoms. The van der Waals surface area contributed by atoms with Crippen molar-refractivity contribution in [1.29, 1.82) is 0 Å². The molecule has 5 heteroatoms. The van der Waals surface area contributed by atoms with Crippen LogP contribution in [-0.4, -0.2) is 25.3 Å². The smallest absolute Gasteiger partial charge is 0.292 e. The number of ketones is 1. The van der Waals surface area contributed by atoms with E-state index in [-0.39, 0.29) is 0 Å². The number of benzene rings is 2. The van der Waals surface area contributed by atoms with Gasteiger partial charge in [-0.2, -0.15) is 0 Å². The number of hydrogen-bond acceptors (Lipinski definition) is 3. The van der Waals surface area contributed by atoms with Crippen LogP contribution in [0.1, 0.15) is 15.9 Å². The summed E-state index contributed by atoms with van der Waals surface area (Å²) in [6, 6.07) is 13.8. The van der Waals surface area contributed by atoms with Gasteiger partial charge in [-0.15, -0.1) is 0 Å². The van der Waals surface area contributed by atoms with Crippen LogP contribution in [0.25, 0.3) is 0 Å². The van der Waals surface area contributed by atoms with Crippen LogP contribution in [-0.2, 0) is 11.2 Å². The van der Waals surface area contributed by atoms with E-state index < -0.39 is 11.7 Å². The molecule has 2 aromatic carbocycles. The van der Waals surface area contributed by atoms with E-state index in [1.165, 1.54) is 12.1 Å². The molecule has 0 heterocycles. The monoisotopic (exact) mass is 317 g/mol. The van der Waals surface area contributed by atoms with Crippen LogP contribution in [0.3, 0.4) is 0 Å². The zero-order valence-corrected chi connectivity index (χ0v) is 12.9. The van der Waals surface area contributed by atoms with E-state index >= 15 is 0 Å². The Balaban J connectivity index is 1.87. The van der Waals surface area contributed by atoms with Crippen LogP contribution < -0.4 is 10.1 Å². The van der Waals surface area contributed by atoms with Gasteiger partial charge in [0.1, 0.15) is 5.75 Å². The molecule has 0 aliphatic heterocycles. The van der Waals surface area contributed by atoms with Gasteiger partial charge in [-0.1, -0.05) is 23.7 Å². The van der Waals surface area contributed by atoms with Crippen molar-refractivity contribution in [2.45, 2.75) is 6.42 Å². The van der Waals surface area contributed by atoms with Gasteiger partial charge < -0.3 is 10.1 Å². The number of Topliss-reactive ketones (excluding diaryl/α,β-unsaturated/α-hetero) is 1. The summed E-state index contributed by atoms with van der Waals surface area (Å²) in [5.41, 5.74) is 1.35. The molecule has 2 rings (SSSR count). The van der Waals surface area contributed by atoms with Gasteiger partial charge >= 0.3 is 0 Å². The molecular weight excluding hydrogens is 302 g/mol. The maximum Gasteiger partial charge on any atom is 0.292 e. The highest BCUT2D eigenvalue weighted by Crippen LogP contribution is 2.13. The summed E-state index contributed by atoms with van der Waals surface area (Å²) in [6.45, 7) is 0.380. The molecule has 1 amide bonds. The lowest BCUT2D eigenvalue weighted by Gasteiger charge is -2.06. The molecule has 0 aromatic heterocycles. The molecule has 4 nitrogen and oxygen atoms in total. The molecule has 0 spiro atoms. The third-order valence-corrected chi connectivity index (χ3v) is 3.40. The highest BCUT2D eigenvalue weighted by molar-refractivity contribution is 6.43. The zero-order chi connectivity index (χ0) is 15.9. The van der Waals surface area contributed by atoms with Crippen molar-refractivity contribution in [3.8, 4) is 5.75 Å². The normalized spacial score (nSPS) is 10.1. The van der Waals surface area contributed by atoms with Gasteiger partial charge in [-0.25, -0.2) is 0 Å². The second-order valence-corrected chi connectivity index (χ2v) is 5.13. The van der Waals surface area contributed by atoms with Gasteiger partial charge in [0.25, 0.3) is 5.91 Å². The second kappa shape index (κ2) is 7.61. The number of methoxy groups -OCH3 is 1. The van der Waals surface area contributed by atoms with Crippen LogP contribution in [0.4, 0.5) is 0 Å². The number of hydrogen-bond donors (Lipinski definition) is 1. The number of amides is 1. The van der Waals surface area contributed by atoms with Gasteiger partial charge in [0.15, 0.2) is 0 Å². The lowest BCUT2D eigenvalue weighted by atomic mass is 10.1. The molecule has 0 fully saturated rings. The number of carbonyl (C=O) groups is 2. The van der Waals surface area contributed by atoms with Gasteiger partial charge in [-0.3, -0.25) is 9.59 Å². The molecule has 0 aliphatic rings. The molecule has 0 radical (unpaired) electrons. The van der Waals surface area contributed by atoms with Crippen molar-refractivity contribution in [3.05, 3.63) is 64.7 Å². The summed E-state index contributed by atoms with van der Waals surface area (Å²) in [5, 5.41) is 3.14. The number of ether oxygens (including phenoxy) is 1. The van der Waals surface area contributed by atoms with Gasteiger partial charge in [0.05, 0.1) is 7.11 Å². The van der Waals surface area contributed by atoms with Gasteiger partial charge in [0.2, 0.25) is 5.78 Å². The molecule has 22 heavy (non-hydrogen) atoms. The standard InChI is InChI=1S/C17H16ClNO3/c1-22-15-4-2-3-12(11-15)9-10-19-17(21)16(20)13-5-7-14(18)8-6-13/h2-8,11H,9-10H2,1H3,(H,19,21). The van der Waals surface area contributed by atoms with E-state index in [1.54, 1.807) is 19.2 Å². The van der Waals surface area contributed by atoms with E-state index in [1.807, 2.05) is 24.3 Å². The first-order valence-corrected chi connectivity index (χ1v) is 7.19. The minimum Gasteiger partial charge on any atom is -0.497 e. The first-order valence-electron chi connectivity index (χ1n) is 6.81. The minimum atomic E-state index is -0.620. The van der Waals surface area contributed by atoms with E-state index in [4.69, 9.17) is 16.3 Å². The van der Waals surface area contributed by atoms with E-state index in [0.29, 0.717) is 23.6 Å². The van der Waals surface area contributed by atoms with Crippen molar-refractivity contribution in [2.75, 3.05) is 13.7 Å². The van der Waals surface area contributed by atoms with Crippen molar-refractivity contribution in [3.63, 3.8) is 0 Å². The molecule has 0 saturated carbocycles. The Morgan fingerprint density at radius 1 is 1.14 bits per heavy atom. The van der Waals surface area contributed by atoms with Crippen LogP contribution in [0.15, 0.2) is 48.5 Å². The Morgan fingerprint density at radius 2 is 1.86 bits per heavy atom. The van der Waals surface area contributed by atoms with Crippen molar-refractivity contribution in [1.82, 2.24) is 5.32 Å². The average molecular weight is 318 g/mol. The first-order chi connectivity index (χ1) is 10.6. The quantitative estimate of drug-likeness (QED) is 0.658. The number of rotatable bonds is 6. The lowest BCUT2D eigenvalue weighted by Crippen LogP contribution is -2.32. The predicted octanol–water partition coefficient (Wildman–Crippen LogP) is 2.89. The fourth-order valence-electron chi connectivity index (χ4n) is 1.96. The van der Waals surface area contributed by atoms with Gasteiger partial charge in [0, 0.05) is 17.1 Å². The molecule has 0 atom stereocenters. The van der Waals surface area contributed by atoms with Gasteiger partial charge in [-0.05, 0) is 48.4 Å². The fourth-order valence-corrected chi connectivity index (χ4v) is 2.09. The summed E-state index contributed by atoms with van der Waals surface area (Å²) in [5.74, 6) is -0.423. The first kappa shape index (κ1) is 16.0. The Bertz CT molecular complexity index is 668. The molecule has 1 N–H and O–H groups in total. The number of halogens is 1. The van der Waals surface area contributed by atoms with Crippen LogP contribution in [0, 0.1) is 0 Å². The van der Waals surface area contributed by atoms with Crippen molar-refractivity contribution in [2.24, 2.45) is 0 Å². The average Bonchev–Trinajstić information content (AvgIpc) is 2.55. The van der Waals surface area contributed by atoms with Crippen LogP contribution in [0.2, 0.25) is 5.02 Å². The predicted molar refractivity (Wildman–Crippen MR) is 85.5 cm³/mol. The summed E-state index contributed by atoms with van der Waals surface area (Å²) < 4.78 is 5.14. The molecule has 0 unspecified atom stereocenters. The number of carbonyl (C=O) groups excluding carboxylic acids is 2. The molecule has 0 saturated heterocycles. The highest BCUT2D eigenvalue weighted by atomic mass is 35.5. The third-order valence-electron chi connectivity index (χ3n) is 3.15.